The molecular formula is C29H28F4N6O4. The minimum Gasteiger partial charge on any atom is -0.497 e. The second-order valence-corrected chi connectivity index (χ2v) is 9.83. The maximum absolute atomic E-state index is 15.4. The van der Waals surface area contributed by atoms with Crippen molar-refractivity contribution in [2.75, 3.05) is 50.6 Å². The van der Waals surface area contributed by atoms with Gasteiger partial charge in [-0.3, -0.25) is 14.3 Å². The molecule has 0 saturated carbocycles. The lowest BCUT2D eigenvalue weighted by molar-refractivity contribution is -0.0498. The topological polar surface area (TPSA) is 93.9 Å². The molecule has 1 aliphatic rings. The number of benzene rings is 2. The number of anilines is 2. The van der Waals surface area contributed by atoms with E-state index in [0.29, 0.717) is 18.9 Å². The van der Waals surface area contributed by atoms with Crippen molar-refractivity contribution in [3.05, 3.63) is 82.1 Å². The van der Waals surface area contributed by atoms with Crippen LogP contribution in [0.2, 0.25) is 0 Å². The average molecular weight is 601 g/mol. The fourth-order valence-electron chi connectivity index (χ4n) is 4.87. The van der Waals surface area contributed by atoms with Crippen molar-refractivity contribution in [3.8, 4) is 28.6 Å². The van der Waals surface area contributed by atoms with E-state index in [0.717, 1.165) is 42.0 Å². The fraction of sp³-hybridized carbons (Fsp3) is 0.276. The number of piperazine rings is 1. The van der Waals surface area contributed by atoms with Crippen molar-refractivity contribution in [1.29, 1.82) is 0 Å². The third kappa shape index (κ3) is 6.04. The van der Waals surface area contributed by atoms with Crippen LogP contribution in [-0.2, 0) is 7.05 Å². The summed E-state index contributed by atoms with van der Waals surface area (Å²) in [6.07, 6.45) is 0. The summed E-state index contributed by atoms with van der Waals surface area (Å²) >= 11 is 0. The molecular weight excluding hydrogens is 572 g/mol. The van der Waals surface area contributed by atoms with Gasteiger partial charge < -0.3 is 24.6 Å². The van der Waals surface area contributed by atoms with Crippen LogP contribution < -0.4 is 25.2 Å². The van der Waals surface area contributed by atoms with E-state index in [2.05, 4.69) is 24.8 Å². The van der Waals surface area contributed by atoms with Crippen molar-refractivity contribution in [2.24, 2.45) is 7.05 Å². The van der Waals surface area contributed by atoms with Gasteiger partial charge in [-0.05, 0) is 43.4 Å². The van der Waals surface area contributed by atoms with E-state index in [1.165, 1.54) is 31.0 Å². The summed E-state index contributed by atoms with van der Waals surface area (Å²) in [4.78, 5) is 36.0. The molecule has 226 valence electrons. The minimum atomic E-state index is -3.05. The number of nitrogens with one attached hydrogen (secondary N) is 1. The van der Waals surface area contributed by atoms with E-state index < -0.39 is 41.0 Å². The van der Waals surface area contributed by atoms with Crippen LogP contribution in [-0.4, -0.2) is 72.1 Å². The van der Waals surface area contributed by atoms with Crippen LogP contribution in [0.4, 0.5) is 29.1 Å². The van der Waals surface area contributed by atoms with Gasteiger partial charge in [0.15, 0.2) is 5.82 Å². The number of ether oxygens (including phenoxy) is 2. The van der Waals surface area contributed by atoms with Crippen LogP contribution in [0.15, 0.2) is 59.4 Å². The van der Waals surface area contributed by atoms with Gasteiger partial charge in [0.2, 0.25) is 0 Å². The molecule has 1 N–H and O–H groups in total. The zero-order valence-corrected chi connectivity index (χ0v) is 23.5. The van der Waals surface area contributed by atoms with Gasteiger partial charge in [-0.25, -0.2) is 13.8 Å². The quantitative estimate of drug-likeness (QED) is 0.304. The summed E-state index contributed by atoms with van der Waals surface area (Å²) in [6.45, 7) is 0.0155. The monoisotopic (exact) mass is 600 g/mol. The van der Waals surface area contributed by atoms with E-state index in [9.17, 15) is 18.4 Å². The molecule has 4 aromatic rings. The van der Waals surface area contributed by atoms with E-state index in [1.807, 2.05) is 7.05 Å². The van der Waals surface area contributed by atoms with Gasteiger partial charge in [0.05, 0.1) is 12.7 Å². The third-order valence-electron chi connectivity index (χ3n) is 7.10. The molecule has 0 aliphatic carbocycles. The van der Waals surface area contributed by atoms with Gasteiger partial charge in [-0.15, -0.1) is 0 Å². The van der Waals surface area contributed by atoms with E-state index in [4.69, 9.17) is 4.74 Å². The molecule has 5 rings (SSSR count). The first-order valence-electron chi connectivity index (χ1n) is 13.2. The Labute approximate surface area is 243 Å². The molecule has 14 heteroatoms. The highest BCUT2D eigenvalue weighted by Gasteiger charge is 2.28. The molecule has 2 aromatic heterocycles. The first-order valence-corrected chi connectivity index (χ1v) is 13.2. The lowest BCUT2D eigenvalue weighted by Crippen LogP contribution is -2.44. The number of carbonyl (C=O) groups excluding carboxylic acids is 1. The van der Waals surface area contributed by atoms with E-state index >= 15 is 8.78 Å². The maximum atomic E-state index is 15.4. The molecule has 0 spiro atoms. The van der Waals surface area contributed by atoms with Crippen molar-refractivity contribution in [1.82, 2.24) is 19.2 Å². The summed E-state index contributed by atoms with van der Waals surface area (Å²) in [5.74, 6) is -2.38. The number of alkyl halides is 2. The molecule has 1 saturated heterocycles. The van der Waals surface area contributed by atoms with E-state index in [1.54, 1.807) is 18.2 Å². The highest BCUT2D eigenvalue weighted by molar-refractivity contribution is 6.06. The molecule has 43 heavy (non-hydrogen) atoms. The van der Waals surface area contributed by atoms with Crippen molar-refractivity contribution < 1.29 is 31.8 Å². The predicted octanol–water partition coefficient (Wildman–Crippen LogP) is 4.13. The number of hydrogen-bond donors (Lipinski definition) is 1. The second kappa shape index (κ2) is 12.2. The van der Waals surface area contributed by atoms with Crippen LogP contribution in [0.3, 0.4) is 0 Å². The van der Waals surface area contributed by atoms with Crippen LogP contribution >= 0.6 is 0 Å². The van der Waals surface area contributed by atoms with Gasteiger partial charge >= 0.3 is 6.61 Å². The summed E-state index contributed by atoms with van der Waals surface area (Å²) in [5, 5.41) is 2.46. The van der Waals surface area contributed by atoms with Crippen LogP contribution in [0.5, 0.6) is 11.5 Å². The Morgan fingerprint density at radius 3 is 2.16 bits per heavy atom. The van der Waals surface area contributed by atoms with Gasteiger partial charge in [0.1, 0.15) is 40.3 Å². The lowest BCUT2D eigenvalue weighted by Gasteiger charge is -2.33. The number of carbonyl (C=O) groups is 1. The first kappa shape index (κ1) is 29.6. The van der Waals surface area contributed by atoms with Gasteiger partial charge in [-0.1, -0.05) is 6.07 Å². The lowest BCUT2D eigenvalue weighted by atomic mass is 10.1. The number of hydrogen-bond acceptors (Lipinski definition) is 7. The fourth-order valence-corrected chi connectivity index (χ4v) is 4.87. The molecule has 1 amide bonds. The number of amides is 1. The smallest absolute Gasteiger partial charge is 0.387 e. The number of aromatic nitrogens is 3. The Kier molecular flexibility index (Phi) is 8.39. The normalized spacial score (nSPS) is 13.8. The molecule has 0 atom stereocenters. The Hall–Kier alpha value is -4.85. The Morgan fingerprint density at radius 2 is 1.56 bits per heavy atom. The highest BCUT2D eigenvalue weighted by Crippen LogP contribution is 2.34. The molecule has 1 fully saturated rings. The number of pyridine rings is 1. The Morgan fingerprint density at radius 1 is 0.930 bits per heavy atom. The van der Waals surface area contributed by atoms with Gasteiger partial charge in [0.25, 0.3) is 11.5 Å². The summed E-state index contributed by atoms with van der Waals surface area (Å²) in [7, 11) is 4.68. The second-order valence-electron chi connectivity index (χ2n) is 9.83. The number of likely N-dealkylation sites (N-methyl/N-ethyl adjacent to an activating group) is 1. The number of rotatable bonds is 8. The minimum absolute atomic E-state index is 0.0202. The summed E-state index contributed by atoms with van der Waals surface area (Å²) in [5.41, 5.74) is -2.09. The Bertz CT molecular complexity index is 1680. The number of nitrogens with zero attached hydrogens (tertiary/aromatic N) is 5. The van der Waals surface area contributed by atoms with Crippen LogP contribution in [0.1, 0.15) is 10.4 Å². The molecule has 0 unspecified atom stereocenters. The van der Waals surface area contributed by atoms with Crippen molar-refractivity contribution >= 4 is 17.4 Å². The van der Waals surface area contributed by atoms with Crippen molar-refractivity contribution in [3.63, 3.8) is 0 Å². The zero-order chi connectivity index (χ0) is 30.8. The highest BCUT2D eigenvalue weighted by atomic mass is 19.3. The van der Waals surface area contributed by atoms with Gasteiger partial charge in [-0.2, -0.15) is 13.5 Å². The molecule has 10 nitrogen and oxygen atoms in total. The summed E-state index contributed by atoms with van der Waals surface area (Å²) < 4.78 is 67.4. The average Bonchev–Trinajstić information content (AvgIpc) is 3.21. The van der Waals surface area contributed by atoms with Crippen LogP contribution in [0, 0.1) is 11.6 Å². The Balaban J connectivity index is 1.61. The molecule has 0 bridgehead atoms. The maximum Gasteiger partial charge on any atom is 0.387 e. The van der Waals surface area contributed by atoms with Crippen LogP contribution in [0.25, 0.3) is 17.1 Å². The molecule has 0 radical (unpaired) electrons. The largest absolute Gasteiger partial charge is 0.497 e. The van der Waals surface area contributed by atoms with Crippen molar-refractivity contribution in [2.45, 2.75) is 6.61 Å². The molecule has 2 aromatic carbocycles. The third-order valence-corrected chi connectivity index (χ3v) is 7.10. The first-order chi connectivity index (χ1) is 20.6. The SMILES string of the molecule is COc1cc(F)c(-c2c(NC(=O)c3ccc(OC(F)F)cc3)c(=O)n(-c3cccc(N4CCN(C)CC4)n3)n2C)c(F)c1. The molecule has 3 heterocycles. The zero-order valence-electron chi connectivity index (χ0n) is 23.5. The summed E-state index contributed by atoms with van der Waals surface area (Å²) in [6, 6.07) is 11.7. The number of halogens is 4. The molecule has 1 aliphatic heterocycles. The predicted molar refractivity (Wildman–Crippen MR) is 151 cm³/mol. The number of methoxy groups -OCH3 is 1. The van der Waals surface area contributed by atoms with Gasteiger partial charge in [0, 0.05) is 50.9 Å². The standard InChI is InChI=1S/C29H28F4N6O4/c1-36-11-13-38(14-12-36)22-5-4-6-23(34-22)39-28(41)25(35-27(40)17-7-9-18(10-8-17)43-29(32)33)26(37(39)2)24-20(30)15-19(42-3)16-21(24)31/h4-10,15-16,29H,11-14H2,1-3H3,(H,35,40). The van der Waals surface area contributed by atoms with E-state index in [-0.39, 0.29) is 28.6 Å².